The molecular weight excluding hydrogens is 348 g/mol. The van der Waals surface area contributed by atoms with Gasteiger partial charge in [-0.15, -0.1) is 0 Å². The molecule has 2 aromatic rings. The largest absolute Gasteiger partial charge is 0.342 e. The summed E-state index contributed by atoms with van der Waals surface area (Å²) in [6.07, 6.45) is 2.69. The Bertz CT molecular complexity index is 767. The van der Waals surface area contributed by atoms with E-state index in [1.807, 2.05) is 54.7 Å². The summed E-state index contributed by atoms with van der Waals surface area (Å²) in [5, 5.41) is 8.58. The second kappa shape index (κ2) is 8.23. The maximum atomic E-state index is 12.9. The molecule has 2 heterocycles. The van der Waals surface area contributed by atoms with Crippen LogP contribution >= 0.6 is 11.6 Å². The van der Waals surface area contributed by atoms with Crippen LogP contribution in [0.2, 0.25) is 5.02 Å². The van der Waals surface area contributed by atoms with E-state index in [2.05, 4.69) is 10.4 Å². The van der Waals surface area contributed by atoms with Crippen molar-refractivity contribution in [2.24, 2.45) is 5.92 Å². The number of carbonyl (C=O) groups is 1. The van der Waals surface area contributed by atoms with Crippen LogP contribution in [0.25, 0.3) is 5.69 Å². The van der Waals surface area contributed by atoms with Crippen LogP contribution in [-0.2, 0) is 11.2 Å². The summed E-state index contributed by atoms with van der Waals surface area (Å²) < 4.78 is 1.90. The van der Waals surface area contributed by atoms with Gasteiger partial charge < -0.3 is 10.2 Å². The third-order valence-electron chi connectivity index (χ3n) is 5.20. The van der Waals surface area contributed by atoms with Gasteiger partial charge in [0.2, 0.25) is 5.91 Å². The van der Waals surface area contributed by atoms with Gasteiger partial charge >= 0.3 is 0 Å². The van der Waals surface area contributed by atoms with Crippen molar-refractivity contribution in [2.75, 3.05) is 26.7 Å². The van der Waals surface area contributed by atoms with Crippen molar-refractivity contribution in [1.82, 2.24) is 20.0 Å². The fourth-order valence-electron chi connectivity index (χ4n) is 3.77. The van der Waals surface area contributed by atoms with Gasteiger partial charge in [0.05, 0.1) is 17.8 Å². The second-order valence-corrected chi connectivity index (χ2v) is 7.56. The molecule has 0 bridgehead atoms. The van der Waals surface area contributed by atoms with Gasteiger partial charge in [-0.25, -0.2) is 4.68 Å². The zero-order valence-corrected chi connectivity index (χ0v) is 16.5. The Morgan fingerprint density at radius 1 is 1.31 bits per heavy atom. The van der Waals surface area contributed by atoms with E-state index < -0.39 is 0 Å². The number of amides is 1. The summed E-state index contributed by atoms with van der Waals surface area (Å²) in [4.78, 5) is 14.9. The predicted molar refractivity (Wildman–Crippen MR) is 105 cm³/mol. The molecule has 0 aliphatic carbocycles. The number of benzene rings is 1. The molecule has 1 saturated heterocycles. The molecule has 3 rings (SSSR count). The maximum absolute atomic E-state index is 12.9. The molecule has 1 amide bonds. The number of nitrogens with one attached hydrogen (secondary N) is 1. The van der Waals surface area contributed by atoms with Gasteiger partial charge in [-0.2, -0.15) is 5.10 Å². The highest BCUT2D eigenvalue weighted by Gasteiger charge is 2.25. The fraction of sp³-hybridized carbons (Fsp3) is 0.500. The number of piperidine rings is 1. The average molecular weight is 375 g/mol. The van der Waals surface area contributed by atoms with E-state index in [9.17, 15) is 4.79 Å². The normalized spacial score (nSPS) is 17.5. The topological polar surface area (TPSA) is 50.2 Å². The van der Waals surface area contributed by atoms with E-state index in [0.717, 1.165) is 48.7 Å². The fourth-order valence-corrected chi connectivity index (χ4v) is 3.90. The number of aromatic nitrogens is 2. The number of hydrogen-bond acceptors (Lipinski definition) is 3. The number of rotatable bonds is 5. The zero-order chi connectivity index (χ0) is 18.7. The van der Waals surface area contributed by atoms with Crippen molar-refractivity contribution in [3.05, 3.63) is 46.2 Å². The lowest BCUT2D eigenvalue weighted by molar-refractivity contribution is -0.132. The Morgan fingerprint density at radius 3 is 2.73 bits per heavy atom. The highest BCUT2D eigenvalue weighted by molar-refractivity contribution is 6.30. The number of halogens is 1. The van der Waals surface area contributed by atoms with Crippen LogP contribution in [-0.4, -0.2) is 47.3 Å². The summed E-state index contributed by atoms with van der Waals surface area (Å²) in [7, 11) is 1.97. The average Bonchev–Trinajstić information content (AvgIpc) is 2.91. The first-order valence-corrected chi connectivity index (χ1v) is 9.60. The highest BCUT2D eigenvalue weighted by atomic mass is 35.5. The number of hydrogen-bond donors (Lipinski definition) is 1. The van der Waals surface area contributed by atoms with Gasteiger partial charge in [0.1, 0.15) is 0 Å². The van der Waals surface area contributed by atoms with Crippen molar-refractivity contribution in [3.63, 3.8) is 0 Å². The molecule has 1 N–H and O–H groups in total. The van der Waals surface area contributed by atoms with Gasteiger partial charge in [-0.05, 0) is 70.5 Å². The Hall–Kier alpha value is -1.85. The van der Waals surface area contributed by atoms with E-state index in [4.69, 9.17) is 11.6 Å². The molecule has 1 aliphatic heterocycles. The molecule has 140 valence electrons. The summed E-state index contributed by atoms with van der Waals surface area (Å²) in [5.74, 6) is 0.754. The van der Waals surface area contributed by atoms with Crippen LogP contribution in [0.1, 0.15) is 29.8 Å². The maximum Gasteiger partial charge on any atom is 0.227 e. The number of aryl methyl sites for hydroxylation is 1. The van der Waals surface area contributed by atoms with Crippen LogP contribution < -0.4 is 5.32 Å². The minimum absolute atomic E-state index is 0.202. The van der Waals surface area contributed by atoms with Crippen molar-refractivity contribution >= 4 is 17.5 Å². The summed E-state index contributed by atoms with van der Waals surface area (Å²) in [6.45, 7) is 6.68. The van der Waals surface area contributed by atoms with Crippen LogP contribution in [0.5, 0.6) is 0 Å². The molecule has 1 aliphatic rings. The first kappa shape index (κ1) is 18.9. The number of nitrogens with zero attached hydrogens (tertiary/aromatic N) is 3. The highest BCUT2D eigenvalue weighted by Crippen LogP contribution is 2.22. The summed E-state index contributed by atoms with van der Waals surface area (Å²) in [5.41, 5.74) is 3.91. The molecule has 1 aromatic heterocycles. The third-order valence-corrected chi connectivity index (χ3v) is 5.46. The van der Waals surface area contributed by atoms with E-state index in [1.165, 1.54) is 6.42 Å². The molecule has 0 spiro atoms. The Labute approximate surface area is 160 Å². The summed E-state index contributed by atoms with van der Waals surface area (Å²) in [6, 6.07) is 7.60. The van der Waals surface area contributed by atoms with Crippen molar-refractivity contribution in [3.8, 4) is 5.69 Å². The lowest BCUT2D eigenvalue weighted by Gasteiger charge is -2.32. The van der Waals surface area contributed by atoms with E-state index in [-0.39, 0.29) is 5.91 Å². The van der Waals surface area contributed by atoms with Crippen molar-refractivity contribution in [2.45, 2.75) is 33.1 Å². The lowest BCUT2D eigenvalue weighted by Crippen LogP contribution is -2.43. The predicted octanol–water partition coefficient (Wildman–Crippen LogP) is 3.14. The minimum Gasteiger partial charge on any atom is -0.342 e. The Kier molecular flexibility index (Phi) is 5.99. The SMILES string of the molecule is CNCC1CCCN(C(=O)Cc2c(C)nn(-c3ccc(Cl)cc3)c2C)C1. The van der Waals surface area contributed by atoms with E-state index >= 15 is 0 Å². The standard InChI is InChI=1S/C20H27ClN4O/c1-14-19(11-20(26)24-10-4-5-16(13-24)12-22-3)15(2)25(23-14)18-8-6-17(21)7-9-18/h6-9,16,22H,4-5,10-13H2,1-3H3. The molecule has 1 fully saturated rings. The number of likely N-dealkylation sites (tertiary alicyclic amines) is 1. The van der Waals surface area contributed by atoms with Crippen LogP contribution in [0.3, 0.4) is 0 Å². The van der Waals surface area contributed by atoms with Crippen LogP contribution in [0.15, 0.2) is 24.3 Å². The molecule has 0 saturated carbocycles. The molecule has 1 aromatic carbocycles. The Morgan fingerprint density at radius 2 is 2.04 bits per heavy atom. The second-order valence-electron chi connectivity index (χ2n) is 7.12. The quantitative estimate of drug-likeness (QED) is 0.874. The molecule has 26 heavy (non-hydrogen) atoms. The van der Waals surface area contributed by atoms with E-state index in [1.54, 1.807) is 0 Å². The molecule has 5 nitrogen and oxygen atoms in total. The third kappa shape index (κ3) is 4.10. The molecule has 0 radical (unpaired) electrons. The molecule has 1 atom stereocenters. The monoisotopic (exact) mass is 374 g/mol. The lowest BCUT2D eigenvalue weighted by atomic mass is 9.97. The van der Waals surface area contributed by atoms with Gasteiger partial charge in [-0.1, -0.05) is 11.6 Å². The molecular formula is C20H27ClN4O. The zero-order valence-electron chi connectivity index (χ0n) is 15.8. The first-order valence-electron chi connectivity index (χ1n) is 9.23. The number of carbonyl (C=O) groups excluding carboxylic acids is 1. The van der Waals surface area contributed by atoms with E-state index in [0.29, 0.717) is 17.4 Å². The van der Waals surface area contributed by atoms with Crippen LogP contribution in [0, 0.1) is 19.8 Å². The van der Waals surface area contributed by atoms with Crippen molar-refractivity contribution < 1.29 is 4.79 Å². The molecule has 1 unspecified atom stereocenters. The Balaban J connectivity index is 1.75. The van der Waals surface area contributed by atoms with Gasteiger partial charge in [0.25, 0.3) is 0 Å². The van der Waals surface area contributed by atoms with Crippen LogP contribution in [0.4, 0.5) is 0 Å². The smallest absolute Gasteiger partial charge is 0.227 e. The van der Waals surface area contributed by atoms with Crippen molar-refractivity contribution in [1.29, 1.82) is 0 Å². The van der Waals surface area contributed by atoms with Gasteiger partial charge in [0.15, 0.2) is 0 Å². The van der Waals surface area contributed by atoms with Gasteiger partial charge in [0, 0.05) is 29.4 Å². The molecule has 6 heteroatoms. The summed E-state index contributed by atoms with van der Waals surface area (Å²) >= 11 is 5.98. The first-order chi connectivity index (χ1) is 12.5. The minimum atomic E-state index is 0.202. The van der Waals surface area contributed by atoms with Gasteiger partial charge in [-0.3, -0.25) is 4.79 Å².